The summed E-state index contributed by atoms with van der Waals surface area (Å²) in [6.07, 6.45) is 1.20. The molecule has 0 saturated heterocycles. The van der Waals surface area contributed by atoms with E-state index in [1.165, 1.54) is 17.5 Å². The SMILES string of the molecule is CCC[Si]Oc1ccc(C)cc1C. The van der Waals surface area contributed by atoms with Gasteiger partial charge in [0.2, 0.25) is 0 Å². The average Bonchev–Trinajstić information content (AvgIpc) is 2.09. The predicted octanol–water partition coefficient (Wildman–Crippen LogP) is 3.13. The van der Waals surface area contributed by atoms with Gasteiger partial charge in [-0.25, -0.2) is 0 Å². The number of benzene rings is 1. The standard InChI is InChI=1S/C11H16OSi/c1-4-7-13-12-11-6-5-9(2)8-10(11)3/h5-6,8H,4,7H2,1-3H3. The van der Waals surface area contributed by atoms with Gasteiger partial charge in [-0.2, -0.15) is 0 Å². The first-order valence-electron chi connectivity index (χ1n) is 4.71. The van der Waals surface area contributed by atoms with E-state index in [4.69, 9.17) is 4.43 Å². The topological polar surface area (TPSA) is 9.23 Å². The molecule has 2 radical (unpaired) electrons. The van der Waals surface area contributed by atoms with Crippen LogP contribution in [0.2, 0.25) is 6.04 Å². The van der Waals surface area contributed by atoms with E-state index in [0.29, 0.717) is 9.76 Å². The summed E-state index contributed by atoms with van der Waals surface area (Å²) in [4.78, 5) is 0. The number of aryl methyl sites for hydroxylation is 2. The highest BCUT2D eigenvalue weighted by molar-refractivity contribution is 6.28. The van der Waals surface area contributed by atoms with E-state index in [9.17, 15) is 0 Å². The Morgan fingerprint density at radius 3 is 2.69 bits per heavy atom. The van der Waals surface area contributed by atoms with Crippen molar-refractivity contribution in [2.45, 2.75) is 33.2 Å². The molecule has 0 spiro atoms. The average molecular weight is 192 g/mol. The first-order valence-corrected chi connectivity index (χ1v) is 5.82. The smallest absolute Gasteiger partial charge is 0.310 e. The van der Waals surface area contributed by atoms with Crippen LogP contribution in [0.15, 0.2) is 18.2 Å². The lowest BCUT2D eigenvalue weighted by molar-refractivity contribution is 0.585. The molecule has 0 fully saturated rings. The van der Waals surface area contributed by atoms with Gasteiger partial charge in [-0.3, -0.25) is 0 Å². The molecule has 0 aliphatic heterocycles. The van der Waals surface area contributed by atoms with Crippen LogP contribution < -0.4 is 4.43 Å². The van der Waals surface area contributed by atoms with Crippen LogP contribution in [0.4, 0.5) is 0 Å². The number of hydrogen-bond acceptors (Lipinski definition) is 1. The van der Waals surface area contributed by atoms with Crippen molar-refractivity contribution in [2.75, 3.05) is 0 Å². The molecule has 0 heterocycles. The van der Waals surface area contributed by atoms with Gasteiger partial charge in [0.05, 0.1) is 0 Å². The van der Waals surface area contributed by atoms with Gasteiger partial charge < -0.3 is 4.43 Å². The van der Waals surface area contributed by atoms with Gasteiger partial charge in [-0.1, -0.05) is 31.0 Å². The van der Waals surface area contributed by atoms with Crippen molar-refractivity contribution in [2.24, 2.45) is 0 Å². The second-order valence-electron chi connectivity index (χ2n) is 3.27. The van der Waals surface area contributed by atoms with Crippen LogP contribution in [-0.2, 0) is 0 Å². The third-order valence-corrected chi connectivity index (χ3v) is 2.93. The van der Waals surface area contributed by atoms with Crippen LogP contribution in [0, 0.1) is 13.8 Å². The summed E-state index contributed by atoms with van der Waals surface area (Å²) in [5.41, 5.74) is 2.53. The molecule has 0 saturated carbocycles. The monoisotopic (exact) mass is 192 g/mol. The second-order valence-corrected chi connectivity index (χ2v) is 4.26. The van der Waals surface area contributed by atoms with E-state index < -0.39 is 0 Å². The van der Waals surface area contributed by atoms with Crippen molar-refractivity contribution in [3.8, 4) is 5.75 Å². The molecule has 0 amide bonds. The maximum atomic E-state index is 5.66. The zero-order chi connectivity index (χ0) is 9.68. The molecule has 70 valence electrons. The Labute approximate surface area is 83.1 Å². The molecule has 0 aromatic heterocycles. The lowest BCUT2D eigenvalue weighted by atomic mass is 10.1. The Balaban J connectivity index is 2.56. The largest absolute Gasteiger partial charge is 0.541 e. The molecule has 0 N–H and O–H groups in total. The molecule has 0 bridgehead atoms. The summed E-state index contributed by atoms with van der Waals surface area (Å²) in [6.45, 7) is 6.38. The summed E-state index contributed by atoms with van der Waals surface area (Å²) in [5.74, 6) is 1.04. The van der Waals surface area contributed by atoms with Crippen molar-refractivity contribution in [1.82, 2.24) is 0 Å². The summed E-state index contributed by atoms with van der Waals surface area (Å²) in [7, 11) is 0.603. The van der Waals surface area contributed by atoms with Crippen molar-refractivity contribution in [3.05, 3.63) is 29.3 Å². The molecule has 1 aromatic carbocycles. The second kappa shape index (κ2) is 5.07. The van der Waals surface area contributed by atoms with E-state index in [0.717, 1.165) is 11.8 Å². The summed E-state index contributed by atoms with van der Waals surface area (Å²) in [6, 6.07) is 7.48. The van der Waals surface area contributed by atoms with E-state index in [-0.39, 0.29) is 0 Å². The third kappa shape index (κ3) is 3.23. The van der Waals surface area contributed by atoms with Gasteiger partial charge >= 0.3 is 9.76 Å². The van der Waals surface area contributed by atoms with Gasteiger partial charge in [0.15, 0.2) is 0 Å². The fourth-order valence-corrected chi connectivity index (χ4v) is 1.84. The Hall–Kier alpha value is -0.763. The summed E-state index contributed by atoms with van der Waals surface area (Å²) in [5, 5.41) is 0. The van der Waals surface area contributed by atoms with Crippen molar-refractivity contribution < 1.29 is 4.43 Å². The first-order chi connectivity index (χ1) is 6.24. The van der Waals surface area contributed by atoms with Crippen LogP contribution in [0.3, 0.4) is 0 Å². The highest BCUT2D eigenvalue weighted by Crippen LogP contribution is 2.18. The highest BCUT2D eigenvalue weighted by atomic mass is 28.2. The van der Waals surface area contributed by atoms with Crippen LogP contribution in [0.1, 0.15) is 24.5 Å². The minimum absolute atomic E-state index is 0.603. The lowest BCUT2D eigenvalue weighted by Crippen LogP contribution is -2.01. The van der Waals surface area contributed by atoms with Gasteiger partial charge in [-0.15, -0.1) is 0 Å². The minimum Gasteiger partial charge on any atom is -0.541 e. The van der Waals surface area contributed by atoms with Crippen LogP contribution in [-0.4, -0.2) is 9.76 Å². The predicted molar refractivity (Wildman–Crippen MR) is 57.4 cm³/mol. The van der Waals surface area contributed by atoms with Gasteiger partial charge in [0.25, 0.3) is 0 Å². The normalized spacial score (nSPS) is 10.1. The molecule has 1 nitrogen and oxygen atoms in total. The van der Waals surface area contributed by atoms with E-state index in [1.807, 2.05) is 0 Å². The van der Waals surface area contributed by atoms with Gasteiger partial charge in [0.1, 0.15) is 5.75 Å². The number of rotatable bonds is 4. The first kappa shape index (κ1) is 10.3. The Morgan fingerprint density at radius 1 is 1.31 bits per heavy atom. The Bertz CT molecular complexity index is 271. The Kier molecular flexibility index (Phi) is 4.03. The third-order valence-electron chi connectivity index (χ3n) is 1.86. The molecule has 1 rings (SSSR count). The lowest BCUT2D eigenvalue weighted by Gasteiger charge is -2.07. The zero-order valence-corrected chi connectivity index (χ0v) is 9.55. The molecule has 0 atom stereocenters. The maximum Gasteiger partial charge on any atom is 0.310 e. The van der Waals surface area contributed by atoms with Gasteiger partial charge in [-0.05, 0) is 31.5 Å². The molecule has 0 aliphatic rings. The van der Waals surface area contributed by atoms with E-state index >= 15 is 0 Å². The molecule has 13 heavy (non-hydrogen) atoms. The molecule has 0 aliphatic carbocycles. The number of hydrogen-bond donors (Lipinski definition) is 0. The molecule has 1 aromatic rings. The van der Waals surface area contributed by atoms with Crippen LogP contribution >= 0.6 is 0 Å². The van der Waals surface area contributed by atoms with Crippen LogP contribution in [0.5, 0.6) is 5.75 Å². The van der Waals surface area contributed by atoms with Crippen LogP contribution in [0.25, 0.3) is 0 Å². The quantitative estimate of drug-likeness (QED) is 0.526. The van der Waals surface area contributed by atoms with E-state index in [1.54, 1.807) is 0 Å². The maximum absolute atomic E-state index is 5.66. The molecular weight excluding hydrogens is 176 g/mol. The van der Waals surface area contributed by atoms with Gasteiger partial charge in [0, 0.05) is 0 Å². The molecular formula is C11H16OSi. The minimum atomic E-state index is 0.603. The fourth-order valence-electron chi connectivity index (χ4n) is 1.14. The Morgan fingerprint density at radius 2 is 2.08 bits per heavy atom. The highest BCUT2D eigenvalue weighted by Gasteiger charge is 1.99. The van der Waals surface area contributed by atoms with Crippen molar-refractivity contribution in [3.63, 3.8) is 0 Å². The fraction of sp³-hybridized carbons (Fsp3) is 0.455. The van der Waals surface area contributed by atoms with Crippen molar-refractivity contribution >= 4 is 9.76 Å². The summed E-state index contributed by atoms with van der Waals surface area (Å²) < 4.78 is 5.66. The van der Waals surface area contributed by atoms with E-state index in [2.05, 4.69) is 39.0 Å². The molecule has 2 heteroatoms. The molecule has 0 unspecified atom stereocenters. The zero-order valence-electron chi connectivity index (χ0n) is 8.55. The van der Waals surface area contributed by atoms with Crippen molar-refractivity contribution in [1.29, 1.82) is 0 Å². The summed E-state index contributed by atoms with van der Waals surface area (Å²) >= 11 is 0.